The van der Waals surface area contributed by atoms with Gasteiger partial charge in [0.05, 0.1) is 0 Å². The van der Waals surface area contributed by atoms with E-state index in [9.17, 15) is 9.90 Å². The van der Waals surface area contributed by atoms with Crippen molar-refractivity contribution in [3.05, 3.63) is 0 Å². The van der Waals surface area contributed by atoms with Gasteiger partial charge in [0.15, 0.2) is 0 Å². The molecule has 0 saturated heterocycles. The molecular formula is C3H7NaO5Si. The first-order valence-electron chi connectivity index (χ1n) is 2.32. The molecule has 0 heterocycles. The molecule has 7 heteroatoms. The van der Waals surface area contributed by atoms with Crippen molar-refractivity contribution in [3.8, 4) is 0 Å². The van der Waals surface area contributed by atoms with Gasteiger partial charge in [0.25, 0.3) is 0 Å². The second-order valence-corrected chi connectivity index (χ2v) is 3.85. The van der Waals surface area contributed by atoms with Crippen molar-refractivity contribution in [1.82, 2.24) is 0 Å². The number of carbonyl (C=O) groups is 1. The number of carboxylic acid groups (broad SMARTS) is 1. The SMILES string of the molecule is CC[Si](O)(O)OC(=O)[O-].[Na+]. The summed E-state index contributed by atoms with van der Waals surface area (Å²) in [5, 5.41) is 9.56. The average molecular weight is 174 g/mol. The molecule has 0 spiro atoms. The normalized spacial score (nSPS) is 9.90. The van der Waals surface area contributed by atoms with Crippen LogP contribution in [-0.2, 0) is 4.43 Å². The molecule has 0 aromatic carbocycles. The third-order valence-electron chi connectivity index (χ3n) is 0.707. The molecule has 0 aromatic rings. The van der Waals surface area contributed by atoms with Crippen LogP contribution in [0.2, 0.25) is 6.04 Å². The molecule has 0 rings (SSSR count). The van der Waals surface area contributed by atoms with E-state index < -0.39 is 15.0 Å². The van der Waals surface area contributed by atoms with Crippen LogP contribution in [0.4, 0.5) is 4.79 Å². The topological polar surface area (TPSA) is 89.8 Å². The van der Waals surface area contributed by atoms with Gasteiger partial charge in [-0.15, -0.1) is 0 Å². The van der Waals surface area contributed by atoms with E-state index >= 15 is 0 Å². The molecule has 0 unspecified atom stereocenters. The third kappa shape index (κ3) is 6.53. The standard InChI is InChI=1S/C3H8O5Si.Na/c1-2-9(6,7)8-3(4)5;/h6-7H,2H2,1H3,(H,4,5);/q;+1/p-1. The maximum atomic E-state index is 9.56. The summed E-state index contributed by atoms with van der Waals surface area (Å²) in [5.74, 6) is 0. The zero-order valence-electron chi connectivity index (χ0n) is 5.83. The Labute approximate surface area is 81.3 Å². The second-order valence-electron chi connectivity index (χ2n) is 1.45. The van der Waals surface area contributed by atoms with Crippen LogP contribution in [0.1, 0.15) is 6.92 Å². The van der Waals surface area contributed by atoms with E-state index in [0.717, 1.165) is 0 Å². The van der Waals surface area contributed by atoms with E-state index in [1.54, 1.807) is 0 Å². The van der Waals surface area contributed by atoms with Crippen molar-refractivity contribution in [1.29, 1.82) is 0 Å². The van der Waals surface area contributed by atoms with Crippen LogP contribution in [0.15, 0.2) is 0 Å². The van der Waals surface area contributed by atoms with Crippen molar-refractivity contribution < 1.29 is 53.5 Å². The Morgan fingerprint density at radius 3 is 2.20 bits per heavy atom. The van der Waals surface area contributed by atoms with Gasteiger partial charge in [-0.1, -0.05) is 6.92 Å². The summed E-state index contributed by atoms with van der Waals surface area (Å²) in [6, 6.07) is -0.0963. The molecule has 0 aliphatic heterocycles. The molecule has 0 fully saturated rings. The first-order chi connectivity index (χ1) is 3.98. The van der Waals surface area contributed by atoms with Crippen molar-refractivity contribution >= 4 is 15.0 Å². The second kappa shape index (κ2) is 5.11. The molecule has 0 aromatic heterocycles. The molecule has 0 amide bonds. The van der Waals surface area contributed by atoms with E-state index in [1.165, 1.54) is 6.92 Å². The van der Waals surface area contributed by atoms with Gasteiger partial charge in [-0.05, 0) is 0 Å². The van der Waals surface area contributed by atoms with Crippen LogP contribution < -0.4 is 34.7 Å². The van der Waals surface area contributed by atoms with Gasteiger partial charge >= 0.3 is 38.4 Å². The number of rotatable bonds is 2. The van der Waals surface area contributed by atoms with Crippen LogP contribution in [0.25, 0.3) is 0 Å². The number of hydrogen-bond acceptors (Lipinski definition) is 5. The van der Waals surface area contributed by atoms with Crippen LogP contribution in [0.3, 0.4) is 0 Å². The molecule has 0 aliphatic rings. The van der Waals surface area contributed by atoms with Crippen LogP contribution >= 0.6 is 0 Å². The predicted octanol–water partition coefficient (Wildman–Crippen LogP) is -4.71. The Kier molecular flexibility index (Phi) is 6.66. The largest absolute Gasteiger partial charge is 1.00 e. The van der Waals surface area contributed by atoms with Crippen LogP contribution in [-0.4, -0.2) is 24.6 Å². The van der Waals surface area contributed by atoms with Crippen molar-refractivity contribution in [3.63, 3.8) is 0 Å². The maximum absolute atomic E-state index is 9.56. The van der Waals surface area contributed by atoms with Gasteiger partial charge in [-0.2, -0.15) is 0 Å². The maximum Gasteiger partial charge on any atom is 1.00 e. The Morgan fingerprint density at radius 2 is 2.10 bits per heavy atom. The summed E-state index contributed by atoms with van der Waals surface area (Å²) >= 11 is 0. The minimum Gasteiger partial charge on any atom is -0.538 e. The van der Waals surface area contributed by atoms with E-state index in [0.29, 0.717) is 0 Å². The molecule has 5 nitrogen and oxygen atoms in total. The minimum atomic E-state index is -3.90. The zero-order valence-corrected chi connectivity index (χ0v) is 8.83. The van der Waals surface area contributed by atoms with Crippen LogP contribution in [0, 0.1) is 0 Å². The molecule has 0 aliphatic carbocycles. The molecule has 0 radical (unpaired) electrons. The van der Waals surface area contributed by atoms with Gasteiger partial charge in [-0.25, -0.2) is 0 Å². The van der Waals surface area contributed by atoms with E-state index in [2.05, 4.69) is 4.43 Å². The summed E-state index contributed by atoms with van der Waals surface area (Å²) in [7, 11) is -3.90. The summed E-state index contributed by atoms with van der Waals surface area (Å²) < 4.78 is 3.64. The Morgan fingerprint density at radius 1 is 1.70 bits per heavy atom. The predicted molar refractivity (Wildman–Crippen MR) is 27.2 cm³/mol. The smallest absolute Gasteiger partial charge is 0.538 e. The summed E-state index contributed by atoms with van der Waals surface area (Å²) in [6.07, 6.45) is -1.89. The Balaban J connectivity index is 0. The first kappa shape index (κ1) is 13.0. The molecule has 2 N–H and O–H groups in total. The fraction of sp³-hybridized carbons (Fsp3) is 0.667. The number of hydrogen-bond donors (Lipinski definition) is 2. The zero-order chi connectivity index (χ0) is 7.49. The summed E-state index contributed by atoms with van der Waals surface area (Å²) in [6.45, 7) is 1.41. The fourth-order valence-electron chi connectivity index (χ4n) is 0.206. The quantitative estimate of drug-likeness (QED) is 0.410. The third-order valence-corrected chi connectivity index (χ3v) is 2.12. The van der Waals surface area contributed by atoms with E-state index in [1.807, 2.05) is 0 Å². The number of carbonyl (C=O) groups excluding carboxylic acids is 1. The van der Waals surface area contributed by atoms with Crippen molar-refractivity contribution in [2.45, 2.75) is 13.0 Å². The average Bonchev–Trinajstić information content (AvgIpc) is 1.63. The van der Waals surface area contributed by atoms with E-state index in [4.69, 9.17) is 9.59 Å². The van der Waals surface area contributed by atoms with Gasteiger partial charge < -0.3 is 23.9 Å². The Hall–Kier alpha value is 0.407. The molecule has 0 atom stereocenters. The van der Waals surface area contributed by atoms with Crippen molar-refractivity contribution in [2.24, 2.45) is 0 Å². The molecule has 54 valence electrons. The molecule has 0 saturated carbocycles. The van der Waals surface area contributed by atoms with E-state index in [-0.39, 0.29) is 35.6 Å². The van der Waals surface area contributed by atoms with Gasteiger partial charge in [0.1, 0.15) is 0 Å². The van der Waals surface area contributed by atoms with Crippen molar-refractivity contribution in [2.75, 3.05) is 0 Å². The first-order valence-corrected chi connectivity index (χ1v) is 4.33. The molecule has 10 heavy (non-hydrogen) atoms. The fourth-order valence-corrected chi connectivity index (χ4v) is 0.617. The summed E-state index contributed by atoms with van der Waals surface area (Å²) in [5.41, 5.74) is 0. The Bertz CT molecular complexity index is 115. The van der Waals surface area contributed by atoms with Gasteiger partial charge in [0.2, 0.25) is 6.16 Å². The molecule has 0 bridgehead atoms. The van der Waals surface area contributed by atoms with Crippen LogP contribution in [0.5, 0.6) is 0 Å². The van der Waals surface area contributed by atoms with Gasteiger partial charge in [0, 0.05) is 6.04 Å². The summed E-state index contributed by atoms with van der Waals surface area (Å²) in [4.78, 5) is 26.6. The minimum absolute atomic E-state index is 0. The monoisotopic (exact) mass is 174 g/mol. The molecular weight excluding hydrogens is 167 g/mol. The van der Waals surface area contributed by atoms with Gasteiger partial charge in [-0.3, -0.25) is 0 Å².